The fourth-order valence-corrected chi connectivity index (χ4v) is 4.78. The summed E-state index contributed by atoms with van der Waals surface area (Å²) in [6.07, 6.45) is 2.30. The van der Waals surface area contributed by atoms with Gasteiger partial charge < -0.3 is 9.64 Å². The predicted octanol–water partition coefficient (Wildman–Crippen LogP) is 7.27. The maximum Gasteiger partial charge on any atom is 0.233 e. The number of nitrogens with zero attached hydrogens (tertiary/aromatic N) is 1. The number of hydrogen-bond donors (Lipinski definition) is 0. The number of aryl methyl sites for hydroxylation is 1. The zero-order valence-corrected chi connectivity index (χ0v) is 19.8. The first-order valence-electron chi connectivity index (χ1n) is 12.2. The van der Waals surface area contributed by atoms with Crippen molar-refractivity contribution in [1.82, 2.24) is 0 Å². The normalized spacial score (nSPS) is 17.1. The topological polar surface area (TPSA) is 29.5 Å². The fourth-order valence-electron chi connectivity index (χ4n) is 4.78. The molecule has 0 radical (unpaired) electrons. The van der Waals surface area contributed by atoms with E-state index in [0.717, 1.165) is 35.3 Å². The zero-order valence-electron chi connectivity index (χ0n) is 19.8. The number of amides is 1. The molecule has 5 heteroatoms. The molecule has 0 unspecified atom stereocenters. The van der Waals surface area contributed by atoms with Crippen LogP contribution in [0.2, 0.25) is 0 Å². The highest BCUT2D eigenvalue weighted by atomic mass is 19.1. The Kier molecular flexibility index (Phi) is 7.08. The summed E-state index contributed by atoms with van der Waals surface area (Å²) in [5.74, 6) is 0.0364. The van der Waals surface area contributed by atoms with Crippen LogP contribution < -0.4 is 9.64 Å². The van der Waals surface area contributed by atoms with Gasteiger partial charge in [-0.1, -0.05) is 54.6 Å². The largest absolute Gasteiger partial charge is 0.489 e. The van der Waals surface area contributed by atoms with Crippen molar-refractivity contribution < 1.29 is 18.3 Å². The number of carbonyl (C=O) groups excluding carboxylic acids is 1. The van der Waals surface area contributed by atoms with E-state index in [2.05, 4.69) is 0 Å². The molecule has 4 aromatic carbocycles. The van der Waals surface area contributed by atoms with Gasteiger partial charge in [-0.25, -0.2) is 8.78 Å². The van der Waals surface area contributed by atoms with Crippen LogP contribution in [0.4, 0.5) is 14.5 Å². The highest BCUT2D eigenvalue weighted by molar-refractivity contribution is 6.03. The summed E-state index contributed by atoms with van der Waals surface area (Å²) in [6.45, 7) is 0.482. The summed E-state index contributed by atoms with van der Waals surface area (Å²) in [4.78, 5) is 15.0. The SMILES string of the molecule is O=C1[C@H](CCCc2ccc(F)cc2)[C@@H](c2ccc(OCc3ccccc3)cc2)N1c1ccc(F)cc1. The summed E-state index contributed by atoms with van der Waals surface area (Å²) >= 11 is 0. The molecule has 0 aromatic heterocycles. The van der Waals surface area contributed by atoms with Crippen molar-refractivity contribution in [3.8, 4) is 5.75 Å². The minimum atomic E-state index is -0.334. The van der Waals surface area contributed by atoms with Crippen LogP contribution in [-0.4, -0.2) is 5.91 Å². The first-order chi connectivity index (χ1) is 17.6. The number of hydrogen-bond acceptors (Lipinski definition) is 2. The average molecular weight is 484 g/mol. The van der Waals surface area contributed by atoms with Crippen molar-refractivity contribution in [3.63, 3.8) is 0 Å². The highest BCUT2D eigenvalue weighted by Gasteiger charge is 2.48. The molecule has 182 valence electrons. The number of ether oxygens (including phenoxy) is 1. The van der Waals surface area contributed by atoms with Crippen molar-refractivity contribution in [2.24, 2.45) is 5.92 Å². The Labute approximate surface area is 210 Å². The van der Waals surface area contributed by atoms with Crippen LogP contribution in [0.5, 0.6) is 5.75 Å². The van der Waals surface area contributed by atoms with Crippen LogP contribution in [0, 0.1) is 17.6 Å². The van der Waals surface area contributed by atoms with E-state index < -0.39 is 0 Å². The fraction of sp³-hybridized carbons (Fsp3) is 0.194. The molecule has 1 fully saturated rings. The lowest BCUT2D eigenvalue weighted by Crippen LogP contribution is -2.55. The van der Waals surface area contributed by atoms with Gasteiger partial charge in [0.15, 0.2) is 0 Å². The maximum atomic E-state index is 13.5. The van der Waals surface area contributed by atoms with Gasteiger partial charge >= 0.3 is 0 Å². The Morgan fingerprint density at radius 3 is 2.03 bits per heavy atom. The number of halogens is 2. The highest BCUT2D eigenvalue weighted by Crippen LogP contribution is 2.46. The molecule has 1 amide bonds. The van der Waals surface area contributed by atoms with Crippen LogP contribution in [-0.2, 0) is 17.8 Å². The Hall–Kier alpha value is -3.99. The van der Waals surface area contributed by atoms with E-state index in [9.17, 15) is 13.6 Å². The first-order valence-corrected chi connectivity index (χ1v) is 12.2. The molecule has 36 heavy (non-hydrogen) atoms. The minimum Gasteiger partial charge on any atom is -0.489 e. The number of carbonyl (C=O) groups is 1. The van der Waals surface area contributed by atoms with Gasteiger partial charge in [0.2, 0.25) is 5.91 Å². The van der Waals surface area contributed by atoms with Gasteiger partial charge in [-0.3, -0.25) is 4.79 Å². The molecule has 0 saturated carbocycles. The van der Waals surface area contributed by atoms with Crippen LogP contribution in [0.25, 0.3) is 0 Å². The number of rotatable bonds is 9. The third-order valence-electron chi connectivity index (χ3n) is 6.68. The molecule has 1 aliphatic heterocycles. The van der Waals surface area contributed by atoms with Gasteiger partial charge in [0.25, 0.3) is 0 Å². The van der Waals surface area contributed by atoms with Gasteiger partial charge in [0.1, 0.15) is 24.0 Å². The molecule has 0 spiro atoms. The summed E-state index contributed by atoms with van der Waals surface area (Å²) in [7, 11) is 0. The second-order valence-electron chi connectivity index (χ2n) is 9.10. The summed E-state index contributed by atoms with van der Waals surface area (Å²) < 4.78 is 32.6. The van der Waals surface area contributed by atoms with Crippen molar-refractivity contribution >= 4 is 11.6 Å². The maximum absolute atomic E-state index is 13.5. The molecule has 4 aromatic rings. The van der Waals surface area contributed by atoms with E-state index in [1.165, 1.54) is 24.3 Å². The Morgan fingerprint density at radius 2 is 1.36 bits per heavy atom. The van der Waals surface area contributed by atoms with Crippen molar-refractivity contribution in [2.45, 2.75) is 31.9 Å². The zero-order chi connectivity index (χ0) is 24.9. The third-order valence-corrected chi connectivity index (χ3v) is 6.68. The van der Waals surface area contributed by atoms with E-state index in [1.54, 1.807) is 29.2 Å². The first kappa shape index (κ1) is 23.7. The standard InChI is InChI=1S/C31H27F2NO2/c32-25-13-9-22(10-14-25)7-4-8-29-30(34(31(29)35)27-17-15-26(33)16-18-27)24-11-19-28(20-12-24)36-21-23-5-2-1-3-6-23/h1-3,5-6,9-20,29-30H,4,7-8,21H2/t29-,30-/m1/s1. The molecular formula is C31H27F2NO2. The van der Waals surface area contributed by atoms with E-state index >= 15 is 0 Å². The third kappa shape index (κ3) is 5.30. The molecule has 1 aliphatic rings. The molecule has 0 aliphatic carbocycles. The summed E-state index contributed by atoms with van der Waals surface area (Å²) in [6, 6.07) is 30.2. The van der Waals surface area contributed by atoms with Crippen LogP contribution in [0.1, 0.15) is 35.6 Å². The monoisotopic (exact) mass is 483 g/mol. The number of β-lactam (4-membered cyclic amide) rings is 1. The Balaban J connectivity index is 1.30. The lowest BCUT2D eigenvalue weighted by molar-refractivity contribution is -0.130. The Morgan fingerprint density at radius 1 is 0.722 bits per heavy atom. The molecule has 1 saturated heterocycles. The Bertz CT molecular complexity index is 1290. The lowest BCUT2D eigenvalue weighted by atomic mass is 9.78. The summed E-state index contributed by atoms with van der Waals surface area (Å²) in [5.41, 5.74) is 3.84. The van der Waals surface area contributed by atoms with E-state index in [-0.39, 0.29) is 29.5 Å². The van der Waals surface area contributed by atoms with Crippen LogP contribution >= 0.6 is 0 Å². The predicted molar refractivity (Wildman–Crippen MR) is 137 cm³/mol. The number of benzene rings is 4. The lowest BCUT2D eigenvalue weighted by Gasteiger charge is -2.47. The van der Waals surface area contributed by atoms with E-state index in [0.29, 0.717) is 18.7 Å². The molecule has 1 heterocycles. The number of anilines is 1. The van der Waals surface area contributed by atoms with Crippen LogP contribution in [0.3, 0.4) is 0 Å². The molecular weight excluding hydrogens is 456 g/mol. The van der Waals surface area contributed by atoms with Gasteiger partial charge in [0.05, 0.1) is 12.0 Å². The van der Waals surface area contributed by atoms with Gasteiger partial charge in [-0.2, -0.15) is 0 Å². The van der Waals surface area contributed by atoms with E-state index in [1.807, 2.05) is 54.6 Å². The molecule has 5 rings (SSSR count). The van der Waals surface area contributed by atoms with Crippen molar-refractivity contribution in [3.05, 3.63) is 131 Å². The van der Waals surface area contributed by atoms with Gasteiger partial charge in [-0.05, 0) is 84.5 Å². The second kappa shape index (κ2) is 10.7. The van der Waals surface area contributed by atoms with E-state index in [4.69, 9.17) is 4.74 Å². The van der Waals surface area contributed by atoms with Crippen molar-refractivity contribution in [1.29, 1.82) is 0 Å². The molecule has 0 N–H and O–H groups in total. The molecule has 0 bridgehead atoms. The molecule has 2 atom stereocenters. The van der Waals surface area contributed by atoms with Crippen molar-refractivity contribution in [2.75, 3.05) is 4.90 Å². The van der Waals surface area contributed by atoms with Gasteiger partial charge in [-0.15, -0.1) is 0 Å². The molecule has 3 nitrogen and oxygen atoms in total. The van der Waals surface area contributed by atoms with Gasteiger partial charge in [0, 0.05) is 5.69 Å². The quantitative estimate of drug-likeness (QED) is 0.234. The summed E-state index contributed by atoms with van der Waals surface area (Å²) in [5, 5.41) is 0. The smallest absolute Gasteiger partial charge is 0.233 e. The minimum absolute atomic E-state index is 0.0371. The average Bonchev–Trinajstić information content (AvgIpc) is 2.91. The second-order valence-corrected chi connectivity index (χ2v) is 9.10. The van der Waals surface area contributed by atoms with Crippen LogP contribution in [0.15, 0.2) is 103 Å².